The highest BCUT2D eigenvalue weighted by molar-refractivity contribution is 7.12. The number of nitrogens with one attached hydrogen (secondary N) is 1. The molecule has 21 heavy (non-hydrogen) atoms. The molecule has 2 heterocycles. The van der Waals surface area contributed by atoms with Gasteiger partial charge in [0.15, 0.2) is 0 Å². The summed E-state index contributed by atoms with van der Waals surface area (Å²) in [5.41, 5.74) is 0.241. The Morgan fingerprint density at radius 1 is 1.48 bits per heavy atom. The first-order chi connectivity index (χ1) is 9.93. The van der Waals surface area contributed by atoms with E-state index in [0.717, 1.165) is 11.3 Å². The van der Waals surface area contributed by atoms with Crippen LogP contribution in [0.2, 0.25) is 0 Å². The average molecular weight is 309 g/mol. The van der Waals surface area contributed by atoms with Crippen molar-refractivity contribution in [3.63, 3.8) is 0 Å². The Morgan fingerprint density at radius 3 is 2.76 bits per heavy atom. The number of methoxy groups -OCH3 is 1. The summed E-state index contributed by atoms with van der Waals surface area (Å²) in [5.74, 6) is -1.10. The normalized spacial score (nSPS) is 10.2. The molecule has 0 radical (unpaired) electrons. The summed E-state index contributed by atoms with van der Waals surface area (Å²) in [7, 11) is 2.77. The molecule has 0 saturated carbocycles. The minimum Gasteiger partial charge on any atom is -0.465 e. The molecule has 2 rings (SSSR count). The maximum Gasteiger partial charge on any atom is 0.350 e. The fourth-order valence-corrected chi connectivity index (χ4v) is 2.48. The van der Waals surface area contributed by atoms with Crippen LogP contribution in [0.1, 0.15) is 20.2 Å². The SMILES string of the molecule is COC(=O)c1sccc1NC(=O)c1cc([N+](=O)[O-])cn1C. The van der Waals surface area contributed by atoms with Gasteiger partial charge in [0.2, 0.25) is 0 Å². The minimum atomic E-state index is -0.582. The molecule has 0 aliphatic rings. The fourth-order valence-electron chi connectivity index (χ4n) is 1.72. The fraction of sp³-hybridized carbons (Fsp3) is 0.167. The average Bonchev–Trinajstić information content (AvgIpc) is 3.04. The summed E-state index contributed by atoms with van der Waals surface area (Å²) in [6.45, 7) is 0. The number of hydrogen-bond donors (Lipinski definition) is 1. The highest BCUT2D eigenvalue weighted by Gasteiger charge is 2.20. The molecule has 0 aliphatic carbocycles. The second-order valence-corrected chi connectivity index (χ2v) is 4.98. The van der Waals surface area contributed by atoms with Gasteiger partial charge in [-0.25, -0.2) is 4.79 Å². The van der Waals surface area contributed by atoms with Crippen molar-refractivity contribution in [1.82, 2.24) is 4.57 Å². The largest absolute Gasteiger partial charge is 0.465 e. The number of hydrogen-bond acceptors (Lipinski definition) is 6. The van der Waals surface area contributed by atoms with Crippen molar-refractivity contribution in [2.45, 2.75) is 0 Å². The first-order valence-electron chi connectivity index (χ1n) is 5.72. The number of anilines is 1. The number of carbonyl (C=O) groups is 2. The number of esters is 1. The van der Waals surface area contributed by atoms with E-state index in [4.69, 9.17) is 0 Å². The van der Waals surface area contributed by atoms with Gasteiger partial charge in [0.25, 0.3) is 11.6 Å². The van der Waals surface area contributed by atoms with Crippen LogP contribution >= 0.6 is 11.3 Å². The standard InChI is InChI=1S/C12H11N3O5S/c1-14-6-7(15(18)19)5-9(14)11(16)13-8-3-4-21-10(8)12(17)20-2/h3-6H,1-2H3,(H,13,16). The van der Waals surface area contributed by atoms with Crippen molar-refractivity contribution < 1.29 is 19.2 Å². The number of amides is 1. The summed E-state index contributed by atoms with van der Waals surface area (Å²) in [6.07, 6.45) is 1.24. The predicted octanol–water partition coefficient (Wildman–Crippen LogP) is 2.03. The predicted molar refractivity (Wildman–Crippen MR) is 75.7 cm³/mol. The lowest BCUT2D eigenvalue weighted by atomic mass is 10.3. The van der Waals surface area contributed by atoms with Gasteiger partial charge in [0.1, 0.15) is 10.6 Å². The smallest absolute Gasteiger partial charge is 0.350 e. The first-order valence-corrected chi connectivity index (χ1v) is 6.60. The molecule has 0 saturated heterocycles. The Balaban J connectivity index is 2.25. The zero-order valence-corrected chi connectivity index (χ0v) is 12.0. The van der Waals surface area contributed by atoms with Gasteiger partial charge in [0, 0.05) is 13.1 Å². The molecular weight excluding hydrogens is 298 g/mol. The van der Waals surface area contributed by atoms with Gasteiger partial charge in [-0.3, -0.25) is 14.9 Å². The number of rotatable bonds is 4. The molecule has 0 aliphatic heterocycles. The maximum atomic E-state index is 12.1. The van der Waals surface area contributed by atoms with Crippen molar-refractivity contribution in [2.24, 2.45) is 7.05 Å². The Morgan fingerprint density at radius 2 is 2.19 bits per heavy atom. The maximum absolute atomic E-state index is 12.1. The second-order valence-electron chi connectivity index (χ2n) is 4.06. The third-order valence-electron chi connectivity index (χ3n) is 2.72. The molecule has 110 valence electrons. The quantitative estimate of drug-likeness (QED) is 0.528. The molecule has 2 aromatic heterocycles. The van der Waals surface area contributed by atoms with Gasteiger partial charge in [0.05, 0.1) is 23.9 Å². The Bertz CT molecular complexity index is 718. The monoisotopic (exact) mass is 309 g/mol. The number of aryl methyl sites for hydroxylation is 1. The van der Waals surface area contributed by atoms with E-state index in [0.29, 0.717) is 5.69 Å². The lowest BCUT2D eigenvalue weighted by Crippen LogP contribution is -2.16. The molecule has 1 N–H and O–H groups in total. The molecule has 0 atom stereocenters. The van der Waals surface area contributed by atoms with Crippen LogP contribution in [0.15, 0.2) is 23.7 Å². The van der Waals surface area contributed by atoms with Crippen LogP contribution in [0.4, 0.5) is 11.4 Å². The second kappa shape index (κ2) is 5.75. The number of nitro groups is 1. The first kappa shape index (κ1) is 14.7. The van der Waals surface area contributed by atoms with E-state index < -0.39 is 16.8 Å². The van der Waals surface area contributed by atoms with Crippen LogP contribution in [0, 0.1) is 10.1 Å². The molecule has 8 nitrogen and oxygen atoms in total. The highest BCUT2D eigenvalue weighted by Crippen LogP contribution is 2.24. The van der Waals surface area contributed by atoms with E-state index in [9.17, 15) is 19.7 Å². The number of nitrogens with zero attached hydrogens (tertiary/aromatic N) is 2. The molecule has 9 heteroatoms. The third-order valence-corrected chi connectivity index (χ3v) is 3.61. The topological polar surface area (TPSA) is 103 Å². The van der Waals surface area contributed by atoms with Gasteiger partial charge < -0.3 is 14.6 Å². The van der Waals surface area contributed by atoms with E-state index >= 15 is 0 Å². The number of aromatic nitrogens is 1. The Hall–Kier alpha value is -2.68. The van der Waals surface area contributed by atoms with Gasteiger partial charge in [-0.15, -0.1) is 11.3 Å². The van der Waals surface area contributed by atoms with Gasteiger partial charge in [-0.05, 0) is 11.4 Å². The van der Waals surface area contributed by atoms with Crippen molar-refractivity contribution in [3.05, 3.63) is 44.4 Å². The number of ether oxygens (including phenoxy) is 1. The molecule has 0 bridgehead atoms. The zero-order valence-electron chi connectivity index (χ0n) is 11.2. The summed E-state index contributed by atoms with van der Waals surface area (Å²) >= 11 is 1.13. The summed E-state index contributed by atoms with van der Waals surface area (Å²) in [5, 5.41) is 14.9. The third kappa shape index (κ3) is 2.92. The van der Waals surface area contributed by atoms with Crippen LogP contribution < -0.4 is 5.32 Å². The van der Waals surface area contributed by atoms with E-state index in [2.05, 4.69) is 10.1 Å². The summed E-state index contributed by atoms with van der Waals surface area (Å²) in [4.78, 5) is 34.0. The van der Waals surface area contributed by atoms with Crippen molar-refractivity contribution in [1.29, 1.82) is 0 Å². The van der Waals surface area contributed by atoms with Crippen molar-refractivity contribution in [2.75, 3.05) is 12.4 Å². The van der Waals surface area contributed by atoms with Crippen LogP contribution in [0.25, 0.3) is 0 Å². The lowest BCUT2D eigenvalue weighted by Gasteiger charge is -2.05. The van der Waals surface area contributed by atoms with E-state index in [-0.39, 0.29) is 16.3 Å². The zero-order chi connectivity index (χ0) is 15.6. The summed E-state index contributed by atoms with van der Waals surface area (Å²) in [6, 6.07) is 2.73. The van der Waals surface area contributed by atoms with Gasteiger partial charge in [-0.2, -0.15) is 0 Å². The van der Waals surface area contributed by atoms with Gasteiger partial charge >= 0.3 is 5.97 Å². The van der Waals surface area contributed by atoms with Crippen LogP contribution in [0.3, 0.4) is 0 Å². The molecule has 0 spiro atoms. The van der Waals surface area contributed by atoms with Crippen molar-refractivity contribution in [3.8, 4) is 0 Å². The number of carbonyl (C=O) groups excluding carboxylic acids is 2. The Labute approximate surface area is 123 Å². The van der Waals surface area contributed by atoms with E-state index in [1.165, 1.54) is 31.0 Å². The van der Waals surface area contributed by atoms with E-state index in [1.807, 2.05) is 0 Å². The minimum absolute atomic E-state index is 0.115. The molecule has 1 amide bonds. The lowest BCUT2D eigenvalue weighted by molar-refractivity contribution is -0.384. The molecule has 0 aromatic carbocycles. The number of thiophene rings is 1. The van der Waals surface area contributed by atoms with E-state index in [1.54, 1.807) is 11.4 Å². The molecule has 0 fully saturated rings. The molecular formula is C12H11N3O5S. The van der Waals surface area contributed by atoms with Crippen molar-refractivity contribution >= 4 is 34.6 Å². The van der Waals surface area contributed by atoms with Crippen LogP contribution in [-0.4, -0.2) is 28.5 Å². The van der Waals surface area contributed by atoms with Crippen LogP contribution in [-0.2, 0) is 11.8 Å². The highest BCUT2D eigenvalue weighted by atomic mass is 32.1. The van der Waals surface area contributed by atoms with Crippen LogP contribution in [0.5, 0.6) is 0 Å². The Kier molecular flexibility index (Phi) is 4.03. The van der Waals surface area contributed by atoms with Gasteiger partial charge in [-0.1, -0.05) is 0 Å². The summed E-state index contributed by atoms with van der Waals surface area (Å²) < 4.78 is 5.95. The molecule has 2 aromatic rings. The molecule has 0 unspecified atom stereocenters.